The maximum absolute atomic E-state index is 8.67. The zero-order valence-electron chi connectivity index (χ0n) is 10.3. The Kier molecular flexibility index (Phi) is 5.00. The van der Waals surface area contributed by atoms with E-state index in [0.717, 1.165) is 31.8 Å². The summed E-state index contributed by atoms with van der Waals surface area (Å²) < 4.78 is 16.5. The van der Waals surface area contributed by atoms with E-state index in [2.05, 4.69) is 6.07 Å². The van der Waals surface area contributed by atoms with Gasteiger partial charge in [-0.15, -0.1) is 0 Å². The fourth-order valence-corrected chi connectivity index (χ4v) is 1.84. The SMILES string of the molecule is N#Cc1ccc(OCCOC2CCOCC2)cc1. The van der Waals surface area contributed by atoms with Crippen LogP contribution in [0.15, 0.2) is 24.3 Å². The molecule has 0 bridgehead atoms. The van der Waals surface area contributed by atoms with Crippen molar-refractivity contribution in [2.75, 3.05) is 26.4 Å². The molecule has 1 aromatic carbocycles. The van der Waals surface area contributed by atoms with E-state index in [1.807, 2.05) is 0 Å². The molecule has 1 aliphatic heterocycles. The van der Waals surface area contributed by atoms with E-state index < -0.39 is 0 Å². The van der Waals surface area contributed by atoms with Crippen LogP contribution >= 0.6 is 0 Å². The minimum atomic E-state index is 0.309. The van der Waals surface area contributed by atoms with Crippen molar-refractivity contribution in [3.63, 3.8) is 0 Å². The van der Waals surface area contributed by atoms with Crippen molar-refractivity contribution in [3.05, 3.63) is 29.8 Å². The molecule has 0 aromatic heterocycles. The van der Waals surface area contributed by atoms with Crippen molar-refractivity contribution >= 4 is 0 Å². The minimum Gasteiger partial charge on any atom is -0.491 e. The highest BCUT2D eigenvalue weighted by Gasteiger charge is 2.13. The highest BCUT2D eigenvalue weighted by molar-refractivity contribution is 5.34. The van der Waals surface area contributed by atoms with Crippen molar-refractivity contribution in [1.82, 2.24) is 0 Å². The standard InChI is InChI=1S/C14H17NO3/c15-11-12-1-3-13(4-2-12)17-9-10-18-14-5-7-16-8-6-14/h1-4,14H,5-10H2. The van der Waals surface area contributed by atoms with Crippen molar-refractivity contribution in [2.24, 2.45) is 0 Å². The van der Waals surface area contributed by atoms with E-state index in [1.165, 1.54) is 0 Å². The fourth-order valence-electron chi connectivity index (χ4n) is 1.84. The van der Waals surface area contributed by atoms with Gasteiger partial charge in [0.15, 0.2) is 0 Å². The summed E-state index contributed by atoms with van der Waals surface area (Å²) in [6.07, 6.45) is 2.25. The van der Waals surface area contributed by atoms with Gasteiger partial charge in [0.2, 0.25) is 0 Å². The summed E-state index contributed by atoms with van der Waals surface area (Å²) in [5.41, 5.74) is 0.640. The molecule has 0 spiro atoms. The molecule has 0 saturated carbocycles. The first kappa shape index (κ1) is 12.9. The quantitative estimate of drug-likeness (QED) is 0.748. The maximum Gasteiger partial charge on any atom is 0.119 e. The molecular weight excluding hydrogens is 230 g/mol. The number of ether oxygens (including phenoxy) is 3. The predicted octanol–water partition coefficient (Wildman–Crippen LogP) is 2.13. The average molecular weight is 247 g/mol. The lowest BCUT2D eigenvalue weighted by molar-refractivity contribution is -0.0388. The third-order valence-electron chi connectivity index (χ3n) is 2.86. The van der Waals surface area contributed by atoms with Gasteiger partial charge in [0.25, 0.3) is 0 Å². The van der Waals surface area contributed by atoms with Crippen LogP contribution in [0.3, 0.4) is 0 Å². The van der Waals surface area contributed by atoms with E-state index in [4.69, 9.17) is 19.5 Å². The second-order valence-corrected chi connectivity index (χ2v) is 4.17. The third kappa shape index (κ3) is 4.02. The number of hydrogen-bond donors (Lipinski definition) is 0. The Balaban J connectivity index is 1.63. The molecule has 1 heterocycles. The van der Waals surface area contributed by atoms with Crippen LogP contribution in [-0.2, 0) is 9.47 Å². The summed E-state index contributed by atoms with van der Waals surface area (Å²) in [5.74, 6) is 0.768. The van der Waals surface area contributed by atoms with Crippen LogP contribution in [0, 0.1) is 11.3 Å². The zero-order valence-corrected chi connectivity index (χ0v) is 10.3. The van der Waals surface area contributed by atoms with E-state index in [1.54, 1.807) is 24.3 Å². The molecule has 0 atom stereocenters. The van der Waals surface area contributed by atoms with Gasteiger partial charge >= 0.3 is 0 Å². The summed E-state index contributed by atoms with van der Waals surface area (Å²) in [4.78, 5) is 0. The molecule has 96 valence electrons. The molecule has 18 heavy (non-hydrogen) atoms. The van der Waals surface area contributed by atoms with Crippen molar-refractivity contribution in [2.45, 2.75) is 18.9 Å². The lowest BCUT2D eigenvalue weighted by Gasteiger charge is -2.22. The molecular formula is C14H17NO3. The summed E-state index contributed by atoms with van der Waals surface area (Å²) in [7, 11) is 0. The van der Waals surface area contributed by atoms with Gasteiger partial charge in [0.1, 0.15) is 12.4 Å². The van der Waals surface area contributed by atoms with E-state index in [0.29, 0.717) is 24.9 Å². The molecule has 4 heteroatoms. The molecule has 1 fully saturated rings. The largest absolute Gasteiger partial charge is 0.491 e. The first-order valence-electron chi connectivity index (χ1n) is 6.21. The molecule has 0 unspecified atom stereocenters. The number of hydrogen-bond acceptors (Lipinski definition) is 4. The summed E-state index contributed by atoms with van der Waals surface area (Å²) in [6, 6.07) is 9.16. The smallest absolute Gasteiger partial charge is 0.119 e. The Morgan fingerprint density at radius 2 is 1.89 bits per heavy atom. The average Bonchev–Trinajstić information content (AvgIpc) is 2.45. The molecule has 0 aliphatic carbocycles. The van der Waals surface area contributed by atoms with Gasteiger partial charge in [-0.05, 0) is 37.1 Å². The Morgan fingerprint density at radius 1 is 1.17 bits per heavy atom. The Bertz CT molecular complexity index is 390. The zero-order chi connectivity index (χ0) is 12.6. The summed E-state index contributed by atoms with van der Waals surface area (Å²) in [6.45, 7) is 2.70. The van der Waals surface area contributed by atoms with Crippen LogP contribution in [0.1, 0.15) is 18.4 Å². The molecule has 0 amide bonds. The van der Waals surface area contributed by atoms with Crippen LogP contribution < -0.4 is 4.74 Å². The van der Waals surface area contributed by atoms with Gasteiger partial charge in [-0.1, -0.05) is 0 Å². The van der Waals surface area contributed by atoms with Crippen molar-refractivity contribution < 1.29 is 14.2 Å². The van der Waals surface area contributed by atoms with Crippen LogP contribution in [0.25, 0.3) is 0 Å². The molecule has 2 rings (SSSR count). The summed E-state index contributed by atoms with van der Waals surface area (Å²) >= 11 is 0. The fraction of sp³-hybridized carbons (Fsp3) is 0.500. The number of nitriles is 1. The highest BCUT2D eigenvalue weighted by Crippen LogP contribution is 2.12. The topological polar surface area (TPSA) is 51.5 Å². The Hall–Kier alpha value is -1.57. The maximum atomic E-state index is 8.67. The Morgan fingerprint density at radius 3 is 2.56 bits per heavy atom. The van der Waals surface area contributed by atoms with Crippen molar-refractivity contribution in [3.8, 4) is 11.8 Å². The molecule has 1 aliphatic rings. The van der Waals surface area contributed by atoms with E-state index in [-0.39, 0.29) is 0 Å². The monoisotopic (exact) mass is 247 g/mol. The molecule has 1 aromatic rings. The first-order valence-corrected chi connectivity index (χ1v) is 6.21. The second kappa shape index (κ2) is 7.00. The molecule has 0 radical (unpaired) electrons. The predicted molar refractivity (Wildman–Crippen MR) is 66.4 cm³/mol. The normalized spacial score (nSPS) is 16.2. The first-order chi connectivity index (χ1) is 8.88. The molecule has 4 nitrogen and oxygen atoms in total. The van der Waals surface area contributed by atoms with Crippen LogP contribution in [0.4, 0.5) is 0 Å². The van der Waals surface area contributed by atoms with Gasteiger partial charge in [-0.3, -0.25) is 0 Å². The minimum absolute atomic E-state index is 0.309. The van der Waals surface area contributed by atoms with Crippen LogP contribution in [0.2, 0.25) is 0 Å². The van der Waals surface area contributed by atoms with Gasteiger partial charge < -0.3 is 14.2 Å². The molecule has 1 saturated heterocycles. The lowest BCUT2D eigenvalue weighted by Crippen LogP contribution is -2.25. The Labute approximate surface area is 107 Å². The second-order valence-electron chi connectivity index (χ2n) is 4.17. The van der Waals surface area contributed by atoms with Gasteiger partial charge in [-0.25, -0.2) is 0 Å². The third-order valence-corrected chi connectivity index (χ3v) is 2.86. The number of rotatable bonds is 5. The summed E-state index contributed by atoms with van der Waals surface area (Å²) in [5, 5.41) is 8.67. The van der Waals surface area contributed by atoms with Crippen LogP contribution in [0.5, 0.6) is 5.75 Å². The highest BCUT2D eigenvalue weighted by atomic mass is 16.5. The van der Waals surface area contributed by atoms with Gasteiger partial charge in [-0.2, -0.15) is 5.26 Å². The van der Waals surface area contributed by atoms with E-state index >= 15 is 0 Å². The molecule has 0 N–H and O–H groups in total. The lowest BCUT2D eigenvalue weighted by atomic mass is 10.2. The van der Waals surface area contributed by atoms with Crippen LogP contribution in [-0.4, -0.2) is 32.5 Å². The van der Waals surface area contributed by atoms with Gasteiger partial charge in [0.05, 0.1) is 24.3 Å². The van der Waals surface area contributed by atoms with Crippen molar-refractivity contribution in [1.29, 1.82) is 5.26 Å². The number of nitrogens with zero attached hydrogens (tertiary/aromatic N) is 1. The van der Waals surface area contributed by atoms with E-state index in [9.17, 15) is 0 Å². The number of benzene rings is 1. The van der Waals surface area contributed by atoms with Gasteiger partial charge in [0, 0.05) is 13.2 Å².